The summed E-state index contributed by atoms with van der Waals surface area (Å²) in [5.74, 6) is 0.204. The molecule has 0 amide bonds. The van der Waals surface area contributed by atoms with Crippen LogP contribution in [0, 0.1) is 10.1 Å². The standard InChI is InChI=1S/C29H27N3O7S2/c1-39-25-17-19(18-33)7-12-23(25)20-8-10-21(11-9-20)29(34)27-26(41(30,37)38)14-13-24(28(27)32(35)36)31-15-16-40-22-5-3-2-4-6-22/h2-14,17,31,33H,15-16,18H2,1H3,(H2,30,37,38). The number of hydrogen-bond donors (Lipinski definition) is 3. The Balaban J connectivity index is 1.68. The average molecular weight is 594 g/mol. The number of rotatable bonds is 12. The molecule has 4 aromatic carbocycles. The first-order valence-corrected chi connectivity index (χ1v) is 14.9. The lowest BCUT2D eigenvalue weighted by Crippen LogP contribution is -2.20. The minimum atomic E-state index is -4.48. The Bertz CT molecular complexity index is 1680. The van der Waals surface area contributed by atoms with Crippen molar-refractivity contribution in [1.82, 2.24) is 0 Å². The highest BCUT2D eigenvalue weighted by Gasteiger charge is 2.33. The van der Waals surface area contributed by atoms with Gasteiger partial charge in [0.1, 0.15) is 21.9 Å². The van der Waals surface area contributed by atoms with Crippen LogP contribution in [0.15, 0.2) is 94.7 Å². The molecule has 0 spiro atoms. The second-order valence-corrected chi connectivity index (χ2v) is 11.5. The molecule has 10 nitrogen and oxygen atoms in total. The van der Waals surface area contributed by atoms with Crippen molar-refractivity contribution in [3.8, 4) is 16.9 Å². The number of nitrogens with one attached hydrogen (secondary N) is 1. The molecule has 0 aliphatic heterocycles. The molecule has 0 saturated carbocycles. The number of ketones is 1. The predicted octanol–water partition coefficient (Wildman–Crippen LogP) is 4.85. The summed E-state index contributed by atoms with van der Waals surface area (Å²) in [5.41, 5.74) is 0.781. The van der Waals surface area contributed by atoms with Crippen molar-refractivity contribution in [2.24, 2.45) is 5.14 Å². The van der Waals surface area contributed by atoms with Crippen LogP contribution in [0.4, 0.5) is 11.4 Å². The summed E-state index contributed by atoms with van der Waals surface area (Å²) < 4.78 is 30.2. The topological polar surface area (TPSA) is 162 Å². The fourth-order valence-corrected chi connectivity index (χ4v) is 5.77. The number of nitrogens with zero attached hydrogens (tertiary/aromatic N) is 1. The largest absolute Gasteiger partial charge is 0.496 e. The molecule has 0 heterocycles. The Morgan fingerprint density at radius 1 is 1.05 bits per heavy atom. The van der Waals surface area contributed by atoms with E-state index in [2.05, 4.69) is 5.32 Å². The lowest BCUT2D eigenvalue weighted by molar-refractivity contribution is -0.384. The van der Waals surface area contributed by atoms with Gasteiger partial charge in [-0.25, -0.2) is 13.6 Å². The average Bonchev–Trinajstić information content (AvgIpc) is 2.98. The van der Waals surface area contributed by atoms with Crippen molar-refractivity contribution in [3.05, 3.63) is 112 Å². The Morgan fingerprint density at radius 2 is 1.76 bits per heavy atom. The molecule has 0 bridgehead atoms. The number of hydrogen-bond acceptors (Lipinski definition) is 9. The van der Waals surface area contributed by atoms with E-state index >= 15 is 0 Å². The first-order chi connectivity index (χ1) is 19.6. The van der Waals surface area contributed by atoms with Crippen LogP contribution in [-0.2, 0) is 16.6 Å². The molecular formula is C29H27N3O7S2. The number of benzene rings is 4. The SMILES string of the molecule is COc1cc(CO)ccc1-c1ccc(C(=O)c2c(S(N)(=O)=O)ccc(NCCSc3ccccc3)c2[N+](=O)[O-])cc1. The molecule has 4 N–H and O–H groups in total. The summed E-state index contributed by atoms with van der Waals surface area (Å²) in [6, 6.07) is 23.2. The molecule has 0 aliphatic carbocycles. The summed E-state index contributed by atoms with van der Waals surface area (Å²) in [5, 5.41) is 29.9. The number of sulfonamides is 1. The van der Waals surface area contributed by atoms with Crippen LogP contribution in [0.1, 0.15) is 21.5 Å². The Labute approximate surface area is 241 Å². The van der Waals surface area contributed by atoms with Crippen LogP contribution in [-0.4, -0.2) is 43.6 Å². The quantitative estimate of drug-likeness (QED) is 0.0686. The van der Waals surface area contributed by atoms with Gasteiger partial charge in [-0.2, -0.15) is 0 Å². The van der Waals surface area contributed by atoms with E-state index in [0.29, 0.717) is 34.7 Å². The van der Waals surface area contributed by atoms with E-state index in [9.17, 15) is 28.4 Å². The fourth-order valence-electron chi connectivity index (χ4n) is 4.25. The smallest absolute Gasteiger partial charge is 0.304 e. The molecule has 0 aromatic heterocycles. The molecule has 0 radical (unpaired) electrons. The number of aliphatic hydroxyl groups excluding tert-OH is 1. The van der Waals surface area contributed by atoms with Crippen molar-refractivity contribution in [2.45, 2.75) is 16.4 Å². The lowest BCUT2D eigenvalue weighted by Gasteiger charge is -2.14. The number of aliphatic hydroxyl groups is 1. The van der Waals surface area contributed by atoms with Gasteiger partial charge in [0.25, 0.3) is 0 Å². The number of carbonyl (C=O) groups is 1. The molecule has 0 unspecified atom stereocenters. The van der Waals surface area contributed by atoms with Crippen molar-refractivity contribution in [1.29, 1.82) is 0 Å². The van der Waals surface area contributed by atoms with Gasteiger partial charge in [0, 0.05) is 28.3 Å². The van der Waals surface area contributed by atoms with Gasteiger partial charge in [-0.05, 0) is 41.5 Å². The third kappa shape index (κ3) is 6.92. The lowest BCUT2D eigenvalue weighted by atomic mass is 9.97. The van der Waals surface area contributed by atoms with Crippen molar-refractivity contribution in [3.63, 3.8) is 0 Å². The van der Waals surface area contributed by atoms with Gasteiger partial charge in [0.2, 0.25) is 15.8 Å². The van der Waals surface area contributed by atoms with Crippen molar-refractivity contribution in [2.75, 3.05) is 24.7 Å². The minimum absolute atomic E-state index is 0.00439. The van der Waals surface area contributed by atoms with Crippen molar-refractivity contribution < 1.29 is 28.0 Å². The predicted molar refractivity (Wildman–Crippen MR) is 158 cm³/mol. The highest BCUT2D eigenvalue weighted by atomic mass is 32.2. The second kappa shape index (κ2) is 13.0. The van der Waals surface area contributed by atoms with E-state index < -0.39 is 36.9 Å². The van der Waals surface area contributed by atoms with Crippen LogP contribution in [0.3, 0.4) is 0 Å². The van der Waals surface area contributed by atoms with E-state index in [1.165, 1.54) is 37.1 Å². The maximum atomic E-state index is 13.7. The molecule has 0 aliphatic rings. The summed E-state index contributed by atoms with van der Waals surface area (Å²) in [7, 11) is -2.99. The van der Waals surface area contributed by atoms with E-state index in [1.807, 2.05) is 30.3 Å². The van der Waals surface area contributed by atoms with Crippen molar-refractivity contribution >= 4 is 38.9 Å². The number of carbonyl (C=O) groups excluding carboxylic acids is 1. The number of nitro groups is 1. The van der Waals surface area contributed by atoms with Gasteiger partial charge in [-0.3, -0.25) is 14.9 Å². The Kier molecular flexibility index (Phi) is 9.40. The van der Waals surface area contributed by atoms with Gasteiger partial charge in [0.05, 0.1) is 18.6 Å². The maximum Gasteiger partial charge on any atom is 0.304 e. The number of methoxy groups -OCH3 is 1. The summed E-state index contributed by atoms with van der Waals surface area (Å²) in [6.07, 6.45) is 0. The number of nitro benzene ring substituents is 1. The molecular weight excluding hydrogens is 566 g/mol. The van der Waals surface area contributed by atoms with E-state index in [4.69, 9.17) is 9.88 Å². The number of thioether (sulfide) groups is 1. The van der Waals surface area contributed by atoms with E-state index in [-0.39, 0.29) is 17.9 Å². The molecule has 4 aromatic rings. The van der Waals surface area contributed by atoms with Gasteiger partial charge >= 0.3 is 5.69 Å². The minimum Gasteiger partial charge on any atom is -0.496 e. The molecule has 0 fully saturated rings. The molecule has 0 atom stereocenters. The van der Waals surface area contributed by atoms with E-state index in [1.54, 1.807) is 30.3 Å². The third-order valence-corrected chi connectivity index (χ3v) is 8.16. The number of anilines is 1. The second-order valence-electron chi connectivity index (χ2n) is 8.82. The molecule has 212 valence electrons. The highest BCUT2D eigenvalue weighted by Crippen LogP contribution is 2.36. The van der Waals surface area contributed by atoms with Crippen LogP contribution >= 0.6 is 11.8 Å². The number of ether oxygens (including phenoxy) is 1. The van der Waals surface area contributed by atoms with Gasteiger partial charge in [-0.15, -0.1) is 11.8 Å². The highest BCUT2D eigenvalue weighted by molar-refractivity contribution is 7.99. The van der Waals surface area contributed by atoms with Gasteiger partial charge in [0.15, 0.2) is 0 Å². The summed E-state index contributed by atoms with van der Waals surface area (Å²) >= 11 is 1.54. The zero-order valence-electron chi connectivity index (χ0n) is 21.9. The normalized spacial score (nSPS) is 11.2. The molecule has 41 heavy (non-hydrogen) atoms. The maximum absolute atomic E-state index is 13.7. The Hall–Kier alpha value is -4.23. The van der Waals surface area contributed by atoms with Crippen LogP contribution in [0.5, 0.6) is 5.75 Å². The molecule has 0 saturated heterocycles. The van der Waals surface area contributed by atoms with Gasteiger partial charge < -0.3 is 15.2 Å². The monoisotopic (exact) mass is 593 g/mol. The molecule has 4 rings (SSSR count). The zero-order valence-corrected chi connectivity index (χ0v) is 23.6. The third-order valence-electron chi connectivity index (χ3n) is 6.19. The van der Waals surface area contributed by atoms with Crippen LogP contribution in [0.25, 0.3) is 11.1 Å². The number of primary sulfonamides is 1. The summed E-state index contributed by atoms with van der Waals surface area (Å²) in [4.78, 5) is 25.5. The fraction of sp³-hybridized carbons (Fsp3) is 0.138. The number of nitrogens with two attached hydrogens (primary N) is 1. The zero-order chi connectivity index (χ0) is 29.6. The van der Waals surface area contributed by atoms with Crippen LogP contribution in [0.2, 0.25) is 0 Å². The first kappa shape index (κ1) is 29.7. The molecule has 12 heteroatoms. The first-order valence-electron chi connectivity index (χ1n) is 12.3. The van der Waals surface area contributed by atoms with E-state index in [0.717, 1.165) is 11.0 Å². The summed E-state index contributed by atoms with van der Waals surface area (Å²) in [6.45, 7) is 0.156. The Morgan fingerprint density at radius 3 is 2.37 bits per heavy atom. The van der Waals surface area contributed by atoms with Gasteiger partial charge in [-0.1, -0.05) is 54.6 Å². The van der Waals surface area contributed by atoms with Crippen LogP contribution < -0.4 is 15.2 Å².